The molecular weight excluding hydrogens is 381 g/mol. The first kappa shape index (κ1) is 17.3. The van der Waals surface area contributed by atoms with Crippen LogP contribution in [0.2, 0.25) is 5.15 Å². The minimum absolute atomic E-state index is 0.0854. The van der Waals surface area contributed by atoms with Gasteiger partial charge in [-0.25, -0.2) is 4.68 Å². The Morgan fingerprint density at radius 1 is 0.926 bits per heavy atom. The van der Waals surface area contributed by atoms with E-state index < -0.39 is 17.4 Å². The minimum atomic E-state index is -4.74. The van der Waals surface area contributed by atoms with Crippen LogP contribution in [-0.4, -0.2) is 19.9 Å². The fraction of sp³-hybridized carbons (Fsp3) is 0.0556. The highest BCUT2D eigenvalue weighted by atomic mass is 35.5. The van der Waals surface area contributed by atoms with Gasteiger partial charge in [-0.3, -0.25) is 0 Å². The molecule has 0 atom stereocenters. The van der Waals surface area contributed by atoms with Crippen molar-refractivity contribution in [3.63, 3.8) is 0 Å². The van der Waals surface area contributed by atoms with Crippen LogP contribution in [0.5, 0.6) is 0 Å². The Hall–Kier alpha value is -3.13. The van der Waals surface area contributed by atoms with E-state index in [-0.39, 0.29) is 16.9 Å². The molecule has 2 heterocycles. The maximum absolute atomic E-state index is 13.6. The lowest BCUT2D eigenvalue weighted by atomic mass is 10.2. The standard InChI is InChI=1S/C18H10ClF3N4O/c19-15-13(16-23-17(27-25-16)11-7-3-1-4-8-11)14(18(20,21)22)24-26(15)12-9-5-2-6-10-12/h1-10H. The molecule has 27 heavy (non-hydrogen) atoms. The Morgan fingerprint density at radius 3 is 2.19 bits per heavy atom. The highest BCUT2D eigenvalue weighted by Crippen LogP contribution is 2.40. The number of alkyl halides is 3. The van der Waals surface area contributed by atoms with Gasteiger partial charge in [0.25, 0.3) is 5.89 Å². The van der Waals surface area contributed by atoms with Crippen LogP contribution in [-0.2, 0) is 6.18 Å². The van der Waals surface area contributed by atoms with Gasteiger partial charge >= 0.3 is 6.18 Å². The van der Waals surface area contributed by atoms with Crippen molar-refractivity contribution < 1.29 is 17.7 Å². The van der Waals surface area contributed by atoms with Gasteiger partial charge in [-0.1, -0.05) is 53.2 Å². The zero-order valence-electron chi connectivity index (χ0n) is 13.5. The first-order valence-corrected chi connectivity index (χ1v) is 8.13. The predicted octanol–water partition coefficient (Wildman–Crippen LogP) is 5.26. The summed E-state index contributed by atoms with van der Waals surface area (Å²) in [7, 11) is 0. The van der Waals surface area contributed by atoms with Crippen LogP contribution in [0.15, 0.2) is 65.2 Å². The molecule has 0 aliphatic heterocycles. The number of aromatic nitrogens is 4. The first-order valence-electron chi connectivity index (χ1n) is 7.76. The van der Waals surface area contributed by atoms with Crippen LogP contribution < -0.4 is 0 Å². The summed E-state index contributed by atoms with van der Waals surface area (Å²) in [5.74, 6) is -0.199. The average Bonchev–Trinajstić information content (AvgIpc) is 3.27. The van der Waals surface area contributed by atoms with Crippen LogP contribution in [0.4, 0.5) is 13.2 Å². The van der Waals surface area contributed by atoms with Crippen LogP contribution >= 0.6 is 11.6 Å². The van der Waals surface area contributed by atoms with E-state index in [1.165, 1.54) is 0 Å². The molecule has 9 heteroatoms. The van der Waals surface area contributed by atoms with E-state index in [2.05, 4.69) is 15.2 Å². The van der Waals surface area contributed by atoms with Gasteiger partial charge in [0.05, 0.1) is 11.3 Å². The lowest BCUT2D eigenvalue weighted by molar-refractivity contribution is -0.140. The van der Waals surface area contributed by atoms with Crippen molar-refractivity contribution in [2.24, 2.45) is 0 Å². The van der Waals surface area contributed by atoms with E-state index in [4.69, 9.17) is 16.1 Å². The second-order valence-electron chi connectivity index (χ2n) is 5.55. The van der Waals surface area contributed by atoms with Gasteiger partial charge in [0.1, 0.15) is 5.15 Å². The fourth-order valence-corrected chi connectivity index (χ4v) is 2.87. The van der Waals surface area contributed by atoms with Crippen LogP contribution in [0.3, 0.4) is 0 Å². The summed E-state index contributed by atoms with van der Waals surface area (Å²) in [5.41, 5.74) is -0.655. The van der Waals surface area contributed by atoms with Gasteiger partial charge in [-0.2, -0.15) is 23.3 Å². The van der Waals surface area contributed by atoms with E-state index in [1.54, 1.807) is 60.7 Å². The van der Waals surface area contributed by atoms with Gasteiger partial charge < -0.3 is 4.52 Å². The molecule has 0 unspecified atom stereocenters. The minimum Gasteiger partial charge on any atom is -0.334 e. The second kappa shape index (κ2) is 6.55. The van der Waals surface area contributed by atoms with Gasteiger partial charge in [-0.05, 0) is 24.3 Å². The molecule has 0 N–H and O–H groups in total. The van der Waals surface area contributed by atoms with E-state index in [9.17, 15) is 13.2 Å². The van der Waals surface area contributed by atoms with Crippen LogP contribution in [0, 0.1) is 0 Å². The lowest BCUT2D eigenvalue weighted by Crippen LogP contribution is -2.08. The van der Waals surface area contributed by atoms with Crippen LogP contribution in [0.1, 0.15) is 5.69 Å². The maximum atomic E-state index is 13.6. The van der Waals surface area contributed by atoms with Crippen LogP contribution in [0.25, 0.3) is 28.5 Å². The smallest absolute Gasteiger partial charge is 0.334 e. The molecule has 0 spiro atoms. The highest BCUT2D eigenvalue weighted by molar-refractivity contribution is 6.32. The summed E-state index contributed by atoms with van der Waals surface area (Å²) in [6.45, 7) is 0. The first-order chi connectivity index (χ1) is 12.9. The summed E-state index contributed by atoms with van der Waals surface area (Å²) in [6.07, 6.45) is -4.74. The molecule has 0 saturated heterocycles. The lowest BCUT2D eigenvalue weighted by Gasteiger charge is -2.03. The number of rotatable bonds is 3. The summed E-state index contributed by atoms with van der Waals surface area (Å²) in [4.78, 5) is 4.08. The number of halogens is 4. The number of nitrogens with zero attached hydrogens (tertiary/aromatic N) is 4. The van der Waals surface area contributed by atoms with Gasteiger partial charge in [-0.15, -0.1) is 0 Å². The monoisotopic (exact) mass is 390 g/mol. The van der Waals surface area contributed by atoms with E-state index in [1.807, 2.05) is 0 Å². The third-order valence-corrected chi connectivity index (χ3v) is 4.12. The molecule has 4 aromatic rings. The van der Waals surface area contributed by atoms with Crippen molar-refractivity contribution in [3.8, 4) is 28.5 Å². The molecule has 0 aliphatic rings. The van der Waals surface area contributed by atoms with E-state index >= 15 is 0 Å². The molecule has 0 radical (unpaired) electrons. The summed E-state index contributed by atoms with van der Waals surface area (Å²) in [6, 6.07) is 17.0. The SMILES string of the molecule is FC(F)(F)c1nn(-c2ccccc2)c(Cl)c1-c1noc(-c2ccccc2)n1. The summed E-state index contributed by atoms with van der Waals surface area (Å²) >= 11 is 6.24. The van der Waals surface area contributed by atoms with Gasteiger partial charge in [0.2, 0.25) is 5.82 Å². The number of hydrogen-bond donors (Lipinski definition) is 0. The molecule has 5 nitrogen and oxygen atoms in total. The fourth-order valence-electron chi connectivity index (χ4n) is 2.56. The summed E-state index contributed by atoms with van der Waals surface area (Å²) in [5, 5.41) is 7.07. The quantitative estimate of drug-likeness (QED) is 0.478. The van der Waals surface area contributed by atoms with Gasteiger partial charge in [0.15, 0.2) is 5.69 Å². The Kier molecular flexibility index (Phi) is 4.19. The molecule has 4 rings (SSSR count). The Balaban J connectivity index is 1.88. The third-order valence-electron chi connectivity index (χ3n) is 3.77. The van der Waals surface area contributed by atoms with Crippen molar-refractivity contribution in [2.45, 2.75) is 6.18 Å². The molecule has 136 valence electrons. The van der Waals surface area contributed by atoms with Crippen molar-refractivity contribution in [1.29, 1.82) is 0 Å². The largest absolute Gasteiger partial charge is 0.435 e. The van der Waals surface area contributed by atoms with Crippen molar-refractivity contribution in [2.75, 3.05) is 0 Å². The topological polar surface area (TPSA) is 56.7 Å². The number of benzene rings is 2. The molecular formula is C18H10ClF3N4O. The molecule has 0 bridgehead atoms. The Labute approximate surface area is 156 Å². The van der Waals surface area contributed by atoms with E-state index in [0.717, 1.165) is 4.68 Å². The van der Waals surface area contributed by atoms with Gasteiger partial charge in [0, 0.05) is 5.56 Å². The number of para-hydroxylation sites is 1. The third kappa shape index (κ3) is 3.19. The normalized spacial score (nSPS) is 11.7. The zero-order chi connectivity index (χ0) is 19.0. The molecule has 0 fully saturated rings. The Morgan fingerprint density at radius 2 is 1.56 bits per heavy atom. The Bertz CT molecular complexity index is 1080. The molecule has 0 aliphatic carbocycles. The number of hydrogen-bond acceptors (Lipinski definition) is 4. The molecule has 2 aromatic heterocycles. The van der Waals surface area contributed by atoms with Crippen molar-refractivity contribution >= 4 is 11.6 Å². The molecule has 0 saturated carbocycles. The average molecular weight is 391 g/mol. The summed E-state index contributed by atoms with van der Waals surface area (Å²) < 4.78 is 46.8. The maximum Gasteiger partial charge on any atom is 0.435 e. The predicted molar refractivity (Wildman–Crippen MR) is 92.3 cm³/mol. The second-order valence-corrected chi connectivity index (χ2v) is 5.91. The molecule has 2 aromatic carbocycles. The molecule has 0 amide bonds. The van der Waals surface area contributed by atoms with E-state index in [0.29, 0.717) is 11.3 Å². The van der Waals surface area contributed by atoms with Crippen molar-refractivity contribution in [3.05, 3.63) is 71.5 Å². The van der Waals surface area contributed by atoms with Crippen molar-refractivity contribution in [1.82, 2.24) is 19.9 Å². The highest BCUT2D eigenvalue weighted by Gasteiger charge is 2.41. The zero-order valence-corrected chi connectivity index (χ0v) is 14.2.